The normalized spacial score (nSPS) is 26.1. The van der Waals surface area contributed by atoms with E-state index in [-0.39, 0.29) is 17.9 Å². The van der Waals surface area contributed by atoms with Crippen LogP contribution in [0, 0.1) is 5.82 Å². The zero-order valence-corrected chi connectivity index (χ0v) is 11.8. The lowest BCUT2D eigenvalue weighted by Gasteiger charge is -2.39. The lowest BCUT2D eigenvalue weighted by Crippen LogP contribution is -2.52. The summed E-state index contributed by atoms with van der Waals surface area (Å²) < 4.78 is 24.1. The van der Waals surface area contributed by atoms with E-state index < -0.39 is 5.54 Å². The van der Waals surface area contributed by atoms with Gasteiger partial charge in [0, 0.05) is 13.5 Å². The summed E-state index contributed by atoms with van der Waals surface area (Å²) in [5.41, 5.74) is -0.606. The molecule has 0 bridgehead atoms. The monoisotopic (exact) mass is 281 g/mol. The first-order valence-electron chi connectivity index (χ1n) is 6.75. The molecule has 0 saturated heterocycles. The quantitative estimate of drug-likeness (QED) is 0.862. The molecule has 2 rings (SSSR count). The van der Waals surface area contributed by atoms with Gasteiger partial charge in [-0.15, -0.1) is 0 Å². The standard InChI is InChI=1S/C15H20FNO3/c1-19-11-6-5-9-15(10-11,14(18)20-2)17-13-8-4-3-7-12(13)16/h3-4,7-8,11,17H,5-6,9-10H2,1-2H3. The Balaban J connectivity index is 2.28. The van der Waals surface area contributed by atoms with Crippen LogP contribution in [0.3, 0.4) is 0 Å². The number of carbonyl (C=O) groups is 1. The SMILES string of the molecule is COC(=O)C1(Nc2ccccc2F)CCCC(OC)C1. The molecule has 20 heavy (non-hydrogen) atoms. The first-order chi connectivity index (χ1) is 9.61. The number of halogens is 1. The maximum absolute atomic E-state index is 13.8. The van der Waals surface area contributed by atoms with Gasteiger partial charge in [-0.25, -0.2) is 9.18 Å². The zero-order valence-electron chi connectivity index (χ0n) is 11.8. The third-order valence-corrected chi connectivity index (χ3v) is 3.86. The Hall–Kier alpha value is -1.62. The molecular formula is C15H20FNO3. The van der Waals surface area contributed by atoms with E-state index in [1.54, 1.807) is 25.3 Å². The second kappa shape index (κ2) is 6.22. The third-order valence-electron chi connectivity index (χ3n) is 3.86. The summed E-state index contributed by atoms with van der Waals surface area (Å²) in [4.78, 5) is 12.2. The molecule has 1 aliphatic rings. The molecule has 1 aromatic carbocycles. The summed E-state index contributed by atoms with van der Waals surface area (Å²) in [6.45, 7) is 0. The summed E-state index contributed by atoms with van der Waals surface area (Å²) >= 11 is 0. The second-order valence-corrected chi connectivity index (χ2v) is 5.13. The summed E-state index contributed by atoms with van der Waals surface area (Å²) in [5.74, 6) is -0.752. The molecule has 5 heteroatoms. The van der Waals surface area contributed by atoms with Crippen LogP contribution in [-0.4, -0.2) is 31.8 Å². The van der Waals surface area contributed by atoms with Crippen LogP contribution in [-0.2, 0) is 14.3 Å². The van der Waals surface area contributed by atoms with Gasteiger partial charge in [-0.2, -0.15) is 0 Å². The van der Waals surface area contributed by atoms with E-state index in [0.717, 1.165) is 12.8 Å². The van der Waals surface area contributed by atoms with E-state index in [0.29, 0.717) is 18.5 Å². The molecule has 2 unspecified atom stereocenters. The molecule has 1 saturated carbocycles. The predicted octanol–water partition coefficient (Wildman–Crippen LogP) is 2.74. The number of ether oxygens (including phenoxy) is 2. The minimum atomic E-state index is -0.921. The minimum Gasteiger partial charge on any atom is -0.467 e. The number of rotatable bonds is 4. The number of methoxy groups -OCH3 is 2. The van der Waals surface area contributed by atoms with Crippen molar-refractivity contribution in [1.82, 2.24) is 0 Å². The first-order valence-corrected chi connectivity index (χ1v) is 6.75. The van der Waals surface area contributed by atoms with Gasteiger partial charge >= 0.3 is 5.97 Å². The van der Waals surface area contributed by atoms with E-state index in [1.165, 1.54) is 13.2 Å². The largest absolute Gasteiger partial charge is 0.467 e. The van der Waals surface area contributed by atoms with Crippen molar-refractivity contribution in [2.45, 2.75) is 37.3 Å². The fraction of sp³-hybridized carbons (Fsp3) is 0.533. The van der Waals surface area contributed by atoms with Gasteiger partial charge in [-0.3, -0.25) is 0 Å². The van der Waals surface area contributed by atoms with Crippen molar-refractivity contribution in [3.63, 3.8) is 0 Å². The van der Waals surface area contributed by atoms with E-state index in [1.807, 2.05) is 0 Å². The van der Waals surface area contributed by atoms with Gasteiger partial charge in [0.2, 0.25) is 0 Å². The molecule has 0 aromatic heterocycles. The highest BCUT2D eigenvalue weighted by atomic mass is 19.1. The number of hydrogen-bond donors (Lipinski definition) is 1. The topological polar surface area (TPSA) is 47.6 Å². The molecule has 2 atom stereocenters. The van der Waals surface area contributed by atoms with Gasteiger partial charge in [-0.05, 0) is 31.4 Å². The average Bonchev–Trinajstić information content (AvgIpc) is 2.49. The highest BCUT2D eigenvalue weighted by Crippen LogP contribution is 2.34. The van der Waals surface area contributed by atoms with Gasteiger partial charge in [0.15, 0.2) is 0 Å². The van der Waals surface area contributed by atoms with Gasteiger partial charge < -0.3 is 14.8 Å². The number of para-hydroxylation sites is 1. The van der Waals surface area contributed by atoms with Crippen LogP contribution in [0.25, 0.3) is 0 Å². The molecular weight excluding hydrogens is 261 g/mol. The molecule has 0 aliphatic heterocycles. The van der Waals surface area contributed by atoms with Gasteiger partial charge in [0.05, 0.1) is 18.9 Å². The Morgan fingerprint density at radius 1 is 1.40 bits per heavy atom. The summed E-state index contributed by atoms with van der Waals surface area (Å²) in [7, 11) is 2.98. The maximum Gasteiger partial charge on any atom is 0.331 e. The van der Waals surface area contributed by atoms with Crippen LogP contribution >= 0.6 is 0 Å². The molecule has 0 heterocycles. The Bertz CT molecular complexity index is 480. The van der Waals surface area contributed by atoms with Crippen LogP contribution in [0.5, 0.6) is 0 Å². The van der Waals surface area contributed by atoms with Crippen molar-refractivity contribution in [3.05, 3.63) is 30.1 Å². The molecule has 1 aliphatic carbocycles. The van der Waals surface area contributed by atoms with E-state index in [9.17, 15) is 9.18 Å². The van der Waals surface area contributed by atoms with Crippen LogP contribution < -0.4 is 5.32 Å². The molecule has 1 fully saturated rings. The maximum atomic E-state index is 13.8. The van der Waals surface area contributed by atoms with Gasteiger partial charge in [0.25, 0.3) is 0 Å². The lowest BCUT2D eigenvalue weighted by atomic mass is 9.79. The molecule has 0 amide bonds. The molecule has 0 spiro atoms. The number of hydrogen-bond acceptors (Lipinski definition) is 4. The number of benzene rings is 1. The number of esters is 1. The minimum absolute atomic E-state index is 0.0258. The third kappa shape index (κ3) is 2.93. The van der Waals surface area contributed by atoms with Crippen molar-refractivity contribution < 1.29 is 18.7 Å². The predicted molar refractivity (Wildman–Crippen MR) is 74.0 cm³/mol. The van der Waals surface area contributed by atoms with E-state index in [4.69, 9.17) is 9.47 Å². The highest BCUT2D eigenvalue weighted by molar-refractivity contribution is 5.84. The van der Waals surface area contributed by atoms with Crippen molar-refractivity contribution in [1.29, 1.82) is 0 Å². The van der Waals surface area contributed by atoms with Crippen LogP contribution in [0.2, 0.25) is 0 Å². The molecule has 1 N–H and O–H groups in total. The molecule has 1 aromatic rings. The zero-order chi connectivity index (χ0) is 14.6. The van der Waals surface area contributed by atoms with E-state index in [2.05, 4.69) is 5.32 Å². The van der Waals surface area contributed by atoms with Crippen molar-refractivity contribution in [3.8, 4) is 0 Å². The Labute approximate surface area is 118 Å². The summed E-state index contributed by atoms with van der Waals surface area (Å²) in [6, 6.07) is 6.33. The number of carbonyl (C=O) groups excluding carboxylic acids is 1. The van der Waals surface area contributed by atoms with Crippen LogP contribution in [0.4, 0.5) is 10.1 Å². The van der Waals surface area contributed by atoms with Gasteiger partial charge in [-0.1, -0.05) is 12.1 Å². The second-order valence-electron chi connectivity index (χ2n) is 5.13. The average molecular weight is 281 g/mol. The molecule has 0 radical (unpaired) electrons. The first kappa shape index (κ1) is 14.8. The summed E-state index contributed by atoms with van der Waals surface area (Å²) in [6.07, 6.45) is 2.78. The Morgan fingerprint density at radius 2 is 2.15 bits per heavy atom. The van der Waals surface area contributed by atoms with Crippen LogP contribution in [0.15, 0.2) is 24.3 Å². The Morgan fingerprint density at radius 3 is 2.80 bits per heavy atom. The van der Waals surface area contributed by atoms with Crippen molar-refractivity contribution in [2.75, 3.05) is 19.5 Å². The van der Waals surface area contributed by atoms with Crippen molar-refractivity contribution >= 4 is 11.7 Å². The number of anilines is 1. The molecule has 110 valence electrons. The lowest BCUT2D eigenvalue weighted by molar-refractivity contribution is -0.149. The Kier molecular flexibility index (Phi) is 4.60. The van der Waals surface area contributed by atoms with Crippen molar-refractivity contribution in [2.24, 2.45) is 0 Å². The van der Waals surface area contributed by atoms with Gasteiger partial charge in [0.1, 0.15) is 11.4 Å². The fourth-order valence-electron chi connectivity index (χ4n) is 2.79. The summed E-state index contributed by atoms with van der Waals surface area (Å²) in [5, 5.41) is 3.05. The van der Waals surface area contributed by atoms with Crippen LogP contribution in [0.1, 0.15) is 25.7 Å². The van der Waals surface area contributed by atoms with E-state index >= 15 is 0 Å². The number of nitrogens with one attached hydrogen (secondary N) is 1. The highest BCUT2D eigenvalue weighted by Gasteiger charge is 2.44. The fourth-order valence-corrected chi connectivity index (χ4v) is 2.79. The molecule has 4 nitrogen and oxygen atoms in total. The smallest absolute Gasteiger partial charge is 0.331 e.